The molecule has 0 bridgehead atoms. The summed E-state index contributed by atoms with van der Waals surface area (Å²) in [6.07, 6.45) is 6.79. The molecule has 2 unspecified atom stereocenters. The van der Waals surface area contributed by atoms with Crippen LogP contribution in [0.4, 0.5) is 4.79 Å². The van der Waals surface area contributed by atoms with E-state index in [1.54, 1.807) is 0 Å². The zero-order chi connectivity index (χ0) is 13.2. The molecule has 0 aromatic heterocycles. The van der Waals surface area contributed by atoms with Crippen molar-refractivity contribution < 1.29 is 9.53 Å². The largest absolute Gasteiger partial charge is 0.444 e. The predicted octanol–water partition coefficient (Wildman–Crippen LogP) is 2.58. The Labute approximate surface area is 110 Å². The third-order valence-electron chi connectivity index (χ3n) is 3.90. The van der Waals surface area contributed by atoms with Crippen LogP contribution in [0.1, 0.15) is 59.3 Å². The molecule has 0 aromatic carbocycles. The number of amides is 1. The fraction of sp³-hybridized carbons (Fsp3) is 0.929. The minimum atomic E-state index is -0.415. The normalized spacial score (nSPS) is 32.5. The van der Waals surface area contributed by atoms with Gasteiger partial charge in [-0.2, -0.15) is 0 Å². The molecule has 1 saturated carbocycles. The number of carbonyl (C=O) groups is 1. The first-order valence-electron chi connectivity index (χ1n) is 7.13. The van der Waals surface area contributed by atoms with Crippen molar-refractivity contribution in [2.75, 3.05) is 6.54 Å². The van der Waals surface area contributed by atoms with Gasteiger partial charge in [0.1, 0.15) is 5.60 Å². The van der Waals surface area contributed by atoms with E-state index in [0.717, 1.165) is 19.4 Å². The summed E-state index contributed by atoms with van der Waals surface area (Å²) >= 11 is 0. The van der Waals surface area contributed by atoms with E-state index in [1.165, 1.54) is 25.7 Å². The van der Waals surface area contributed by atoms with Gasteiger partial charge in [0.15, 0.2) is 0 Å². The predicted molar refractivity (Wildman–Crippen MR) is 71.6 cm³/mol. The lowest BCUT2D eigenvalue weighted by Gasteiger charge is -2.38. The molecule has 2 N–H and O–H groups in total. The molecule has 1 spiro atoms. The Kier molecular flexibility index (Phi) is 3.85. The second-order valence-corrected chi connectivity index (χ2v) is 6.75. The van der Waals surface area contributed by atoms with Gasteiger partial charge in [0.25, 0.3) is 0 Å². The second kappa shape index (κ2) is 5.08. The number of rotatable bonds is 1. The maximum Gasteiger partial charge on any atom is 0.407 e. The average molecular weight is 254 g/mol. The van der Waals surface area contributed by atoms with E-state index in [4.69, 9.17) is 4.74 Å². The van der Waals surface area contributed by atoms with Crippen molar-refractivity contribution in [3.63, 3.8) is 0 Å². The van der Waals surface area contributed by atoms with E-state index in [9.17, 15) is 4.79 Å². The molecule has 0 aromatic rings. The highest BCUT2D eigenvalue weighted by Crippen LogP contribution is 2.35. The van der Waals surface area contributed by atoms with Crippen molar-refractivity contribution in [3.8, 4) is 0 Å². The van der Waals surface area contributed by atoms with Crippen molar-refractivity contribution in [1.82, 2.24) is 10.6 Å². The lowest BCUT2D eigenvalue weighted by Crippen LogP contribution is -2.51. The standard InChI is InChI=1S/C14H26N2O2/c1-13(2,3)18-12(17)16-11-6-4-7-14(10-11)8-5-9-15-14/h11,15H,4-10H2,1-3H3,(H,16,17). The molecule has 4 heteroatoms. The minimum Gasteiger partial charge on any atom is -0.444 e. The van der Waals surface area contributed by atoms with Crippen molar-refractivity contribution in [2.24, 2.45) is 0 Å². The van der Waals surface area contributed by atoms with Gasteiger partial charge >= 0.3 is 6.09 Å². The third kappa shape index (κ3) is 3.61. The second-order valence-electron chi connectivity index (χ2n) is 6.75. The van der Waals surface area contributed by atoms with Gasteiger partial charge in [-0.25, -0.2) is 4.79 Å². The van der Waals surface area contributed by atoms with Crippen molar-refractivity contribution in [1.29, 1.82) is 0 Å². The van der Waals surface area contributed by atoms with Crippen LogP contribution in [-0.4, -0.2) is 29.8 Å². The molecule has 1 aliphatic heterocycles. The van der Waals surface area contributed by atoms with Gasteiger partial charge in [0, 0.05) is 11.6 Å². The number of carbonyl (C=O) groups excluding carboxylic acids is 1. The molecule has 2 rings (SSSR count). The maximum absolute atomic E-state index is 11.8. The summed E-state index contributed by atoms with van der Waals surface area (Å²) in [4.78, 5) is 11.8. The molecule has 2 aliphatic rings. The van der Waals surface area contributed by atoms with Crippen molar-refractivity contribution in [2.45, 2.75) is 76.5 Å². The topological polar surface area (TPSA) is 50.4 Å². The molecule has 104 valence electrons. The molecule has 2 atom stereocenters. The quantitative estimate of drug-likeness (QED) is 0.756. The van der Waals surface area contributed by atoms with Gasteiger partial charge in [-0.15, -0.1) is 0 Å². The Morgan fingerprint density at radius 3 is 2.67 bits per heavy atom. The maximum atomic E-state index is 11.8. The third-order valence-corrected chi connectivity index (χ3v) is 3.90. The average Bonchev–Trinajstić information content (AvgIpc) is 2.63. The molecule has 18 heavy (non-hydrogen) atoms. The van der Waals surface area contributed by atoms with Crippen LogP contribution in [0.25, 0.3) is 0 Å². The van der Waals surface area contributed by atoms with Crippen LogP contribution < -0.4 is 10.6 Å². The molecule has 1 amide bonds. The Morgan fingerprint density at radius 2 is 2.06 bits per heavy atom. The number of hydrogen-bond acceptors (Lipinski definition) is 3. The van der Waals surface area contributed by atoms with Crippen LogP contribution in [0.15, 0.2) is 0 Å². The smallest absolute Gasteiger partial charge is 0.407 e. The van der Waals surface area contributed by atoms with Gasteiger partial charge in [0.05, 0.1) is 0 Å². The molecular formula is C14H26N2O2. The molecule has 1 heterocycles. The highest BCUT2D eigenvalue weighted by atomic mass is 16.6. The van der Waals surface area contributed by atoms with Gasteiger partial charge in [-0.3, -0.25) is 0 Å². The van der Waals surface area contributed by atoms with Gasteiger partial charge in [-0.1, -0.05) is 0 Å². The van der Waals surface area contributed by atoms with E-state index >= 15 is 0 Å². The van der Waals surface area contributed by atoms with Gasteiger partial charge in [-0.05, 0) is 65.8 Å². The van der Waals surface area contributed by atoms with Crippen LogP contribution >= 0.6 is 0 Å². The summed E-state index contributed by atoms with van der Waals surface area (Å²) in [6, 6.07) is 0.263. The SMILES string of the molecule is CC(C)(C)OC(=O)NC1CCCC2(CCCN2)C1. The fourth-order valence-electron chi connectivity index (χ4n) is 3.22. The molecule has 2 fully saturated rings. The molecule has 4 nitrogen and oxygen atoms in total. The lowest BCUT2D eigenvalue weighted by molar-refractivity contribution is 0.0477. The first kappa shape index (κ1) is 13.7. The first-order chi connectivity index (χ1) is 8.39. The highest BCUT2D eigenvalue weighted by Gasteiger charge is 2.38. The number of alkyl carbamates (subject to hydrolysis) is 1. The summed E-state index contributed by atoms with van der Waals surface area (Å²) < 4.78 is 5.32. The first-order valence-corrected chi connectivity index (χ1v) is 7.13. The minimum absolute atomic E-state index is 0.263. The van der Waals surface area contributed by atoms with E-state index in [1.807, 2.05) is 20.8 Å². The number of nitrogens with one attached hydrogen (secondary N) is 2. The summed E-state index contributed by atoms with van der Waals surface area (Å²) in [6.45, 7) is 6.81. The molecule has 1 saturated heterocycles. The zero-order valence-electron chi connectivity index (χ0n) is 11.8. The van der Waals surface area contributed by atoms with Crippen molar-refractivity contribution in [3.05, 3.63) is 0 Å². The molecular weight excluding hydrogens is 228 g/mol. The monoisotopic (exact) mass is 254 g/mol. The van der Waals surface area contributed by atoms with Crippen LogP contribution in [0.3, 0.4) is 0 Å². The van der Waals surface area contributed by atoms with Crippen LogP contribution in [0, 0.1) is 0 Å². The Hall–Kier alpha value is -0.770. The highest BCUT2D eigenvalue weighted by molar-refractivity contribution is 5.68. The summed E-state index contributed by atoms with van der Waals surface area (Å²) in [5.41, 5.74) is -0.125. The summed E-state index contributed by atoms with van der Waals surface area (Å²) in [5.74, 6) is 0. The Bertz CT molecular complexity index is 303. The zero-order valence-corrected chi connectivity index (χ0v) is 11.8. The van der Waals surface area contributed by atoms with Crippen LogP contribution in [-0.2, 0) is 4.74 Å². The van der Waals surface area contributed by atoms with E-state index in [0.29, 0.717) is 0 Å². The fourth-order valence-corrected chi connectivity index (χ4v) is 3.22. The van der Waals surface area contributed by atoms with Crippen LogP contribution in [0.5, 0.6) is 0 Å². The van der Waals surface area contributed by atoms with E-state index in [2.05, 4.69) is 10.6 Å². The van der Waals surface area contributed by atoms with Crippen molar-refractivity contribution >= 4 is 6.09 Å². The number of hydrogen-bond donors (Lipinski definition) is 2. The summed E-state index contributed by atoms with van der Waals surface area (Å²) in [5, 5.41) is 6.66. The van der Waals surface area contributed by atoms with Crippen LogP contribution in [0.2, 0.25) is 0 Å². The Balaban J connectivity index is 1.84. The Morgan fingerprint density at radius 1 is 1.33 bits per heavy atom. The van der Waals surface area contributed by atoms with Gasteiger partial charge in [0.2, 0.25) is 0 Å². The van der Waals surface area contributed by atoms with E-state index in [-0.39, 0.29) is 17.7 Å². The van der Waals surface area contributed by atoms with E-state index < -0.39 is 5.60 Å². The summed E-state index contributed by atoms with van der Waals surface area (Å²) in [7, 11) is 0. The molecule has 1 aliphatic carbocycles. The lowest BCUT2D eigenvalue weighted by atomic mass is 9.78. The van der Waals surface area contributed by atoms with Gasteiger partial charge < -0.3 is 15.4 Å². The number of ether oxygens (including phenoxy) is 1. The molecule has 0 radical (unpaired) electrons.